The van der Waals surface area contributed by atoms with Crippen molar-refractivity contribution in [2.75, 3.05) is 0 Å². The molecule has 0 saturated heterocycles. The van der Waals surface area contributed by atoms with E-state index in [4.69, 9.17) is 0 Å². The fourth-order valence-corrected chi connectivity index (χ4v) is 4.61. The van der Waals surface area contributed by atoms with Crippen LogP contribution in [0.3, 0.4) is 0 Å². The highest BCUT2D eigenvalue weighted by Crippen LogP contribution is 2.49. The maximum Gasteiger partial charge on any atom is 0.0657 e. The van der Waals surface area contributed by atoms with Crippen LogP contribution in [0.2, 0.25) is 0 Å². The van der Waals surface area contributed by atoms with Crippen molar-refractivity contribution in [3.63, 3.8) is 0 Å². The smallest absolute Gasteiger partial charge is 0.0657 e. The number of aliphatic hydroxyl groups is 2. The van der Waals surface area contributed by atoms with Crippen LogP contribution in [0.4, 0.5) is 0 Å². The highest BCUT2D eigenvalue weighted by Gasteiger charge is 2.49. The van der Waals surface area contributed by atoms with Crippen LogP contribution in [0.25, 0.3) is 0 Å². The molecule has 22 heavy (non-hydrogen) atoms. The first-order chi connectivity index (χ1) is 10.2. The monoisotopic (exact) mass is 306 g/mol. The largest absolute Gasteiger partial charge is 0.392 e. The summed E-state index contributed by atoms with van der Waals surface area (Å²) in [4.78, 5) is 0. The first-order valence-corrected chi connectivity index (χ1v) is 8.94. The van der Waals surface area contributed by atoms with Gasteiger partial charge in [0, 0.05) is 5.92 Å². The molecule has 2 aliphatic carbocycles. The summed E-state index contributed by atoms with van der Waals surface area (Å²) < 4.78 is 0. The van der Waals surface area contributed by atoms with Crippen LogP contribution in [0.5, 0.6) is 0 Å². The molecular weight excluding hydrogens is 272 g/mol. The van der Waals surface area contributed by atoms with Gasteiger partial charge >= 0.3 is 0 Å². The van der Waals surface area contributed by atoms with Crippen molar-refractivity contribution in [2.24, 2.45) is 23.7 Å². The van der Waals surface area contributed by atoms with Crippen molar-refractivity contribution in [1.82, 2.24) is 0 Å². The molecule has 0 aromatic carbocycles. The number of hydrogen-bond donors (Lipinski definition) is 2. The molecule has 2 heteroatoms. The average molecular weight is 306 g/mol. The van der Waals surface area contributed by atoms with E-state index in [0.717, 1.165) is 32.1 Å². The van der Waals surface area contributed by atoms with Crippen LogP contribution in [-0.4, -0.2) is 21.9 Å². The molecular formula is C20H34O2. The lowest BCUT2D eigenvalue weighted by Crippen LogP contribution is -2.40. The molecule has 0 unspecified atom stereocenters. The summed E-state index contributed by atoms with van der Waals surface area (Å²) in [6.07, 6.45) is 9.08. The molecule has 2 aliphatic rings. The minimum atomic E-state index is -0.645. The molecule has 1 saturated carbocycles. The van der Waals surface area contributed by atoms with Crippen molar-refractivity contribution in [1.29, 1.82) is 0 Å². The maximum atomic E-state index is 11.0. The van der Waals surface area contributed by atoms with Crippen LogP contribution in [0, 0.1) is 23.7 Å². The van der Waals surface area contributed by atoms with E-state index < -0.39 is 5.60 Å². The Balaban J connectivity index is 2.12. The Morgan fingerprint density at radius 3 is 2.77 bits per heavy atom. The van der Waals surface area contributed by atoms with E-state index in [1.807, 2.05) is 6.92 Å². The zero-order chi connectivity index (χ0) is 16.5. The van der Waals surface area contributed by atoms with E-state index in [9.17, 15) is 10.2 Å². The lowest BCUT2D eigenvalue weighted by Gasteiger charge is -2.35. The number of allylic oxidation sites excluding steroid dienone is 3. The zero-order valence-electron chi connectivity index (χ0n) is 15.0. The average Bonchev–Trinajstić information content (AvgIpc) is 2.76. The van der Waals surface area contributed by atoms with Crippen molar-refractivity contribution < 1.29 is 10.2 Å². The maximum absolute atomic E-state index is 11.0. The molecule has 0 bridgehead atoms. The molecule has 1 fully saturated rings. The molecule has 0 heterocycles. The summed E-state index contributed by atoms with van der Waals surface area (Å²) >= 11 is 0. The van der Waals surface area contributed by atoms with Crippen LogP contribution in [-0.2, 0) is 0 Å². The van der Waals surface area contributed by atoms with Gasteiger partial charge in [0.1, 0.15) is 0 Å². The van der Waals surface area contributed by atoms with Gasteiger partial charge in [-0.3, -0.25) is 0 Å². The van der Waals surface area contributed by atoms with E-state index in [-0.39, 0.29) is 17.9 Å². The summed E-state index contributed by atoms with van der Waals surface area (Å²) in [5.41, 5.74) is 2.00. The van der Waals surface area contributed by atoms with Gasteiger partial charge in [-0.1, -0.05) is 30.2 Å². The molecule has 2 nitrogen and oxygen atoms in total. The number of aliphatic hydroxyl groups excluding tert-OH is 1. The summed E-state index contributed by atoms with van der Waals surface area (Å²) in [5.74, 6) is 1.13. The van der Waals surface area contributed by atoms with Gasteiger partial charge in [-0.2, -0.15) is 0 Å². The predicted molar refractivity (Wildman–Crippen MR) is 92.5 cm³/mol. The summed E-state index contributed by atoms with van der Waals surface area (Å²) in [6.45, 7) is 10.6. The molecule has 2 rings (SSSR count). The van der Waals surface area contributed by atoms with Crippen molar-refractivity contribution in [2.45, 2.75) is 78.4 Å². The Morgan fingerprint density at radius 1 is 1.45 bits per heavy atom. The number of rotatable bonds is 4. The third-order valence-corrected chi connectivity index (χ3v) is 6.15. The van der Waals surface area contributed by atoms with Crippen molar-refractivity contribution in [3.05, 3.63) is 23.3 Å². The fourth-order valence-electron chi connectivity index (χ4n) is 4.61. The van der Waals surface area contributed by atoms with E-state index in [1.165, 1.54) is 11.1 Å². The highest BCUT2D eigenvalue weighted by atomic mass is 16.3. The molecule has 0 spiro atoms. The predicted octanol–water partition coefficient (Wildman–Crippen LogP) is 4.47. The zero-order valence-corrected chi connectivity index (χ0v) is 15.0. The first-order valence-electron chi connectivity index (χ1n) is 8.94. The second-order valence-corrected chi connectivity index (χ2v) is 8.20. The second kappa shape index (κ2) is 6.88. The minimum Gasteiger partial charge on any atom is -0.392 e. The molecule has 0 amide bonds. The lowest BCUT2D eigenvalue weighted by molar-refractivity contribution is -0.0344. The van der Waals surface area contributed by atoms with Gasteiger partial charge in [0.05, 0.1) is 11.7 Å². The molecule has 0 aromatic heterocycles. The first kappa shape index (κ1) is 17.7. The van der Waals surface area contributed by atoms with Crippen LogP contribution < -0.4 is 0 Å². The Hall–Kier alpha value is -0.600. The van der Waals surface area contributed by atoms with Gasteiger partial charge < -0.3 is 10.2 Å². The topological polar surface area (TPSA) is 40.5 Å². The standard InChI is InChI=1S/C20H34O2/c1-13(2)7-6-8-14(3)16-11-12-20(5,22)17-10-9-15(4)18(17)19(16)21/h7,9,14,16-19,21-22H,6,8,10-12H2,1-5H3/t14-,16+,17-,18+,19-,20+/m1/s1. The quantitative estimate of drug-likeness (QED) is 0.752. The van der Waals surface area contributed by atoms with Crippen molar-refractivity contribution >= 4 is 0 Å². The highest BCUT2D eigenvalue weighted by molar-refractivity contribution is 5.19. The van der Waals surface area contributed by atoms with E-state index in [2.05, 4.69) is 39.8 Å². The summed E-state index contributed by atoms with van der Waals surface area (Å²) in [6, 6.07) is 0. The molecule has 6 atom stereocenters. The van der Waals surface area contributed by atoms with Gasteiger partial charge in [0.15, 0.2) is 0 Å². The van der Waals surface area contributed by atoms with E-state index in [0.29, 0.717) is 11.8 Å². The molecule has 0 radical (unpaired) electrons. The fraction of sp³-hybridized carbons (Fsp3) is 0.800. The van der Waals surface area contributed by atoms with Crippen LogP contribution in [0.15, 0.2) is 23.3 Å². The SMILES string of the molecule is CC(C)=CCC[C@@H](C)[C@@H]1CC[C@](C)(O)[C@@H]2CC=C(C)[C@@H]2[C@@H]1O. The summed E-state index contributed by atoms with van der Waals surface area (Å²) in [7, 11) is 0. The Morgan fingerprint density at radius 2 is 2.14 bits per heavy atom. The van der Waals surface area contributed by atoms with Gasteiger partial charge in [0.25, 0.3) is 0 Å². The minimum absolute atomic E-state index is 0.147. The van der Waals surface area contributed by atoms with Crippen LogP contribution in [0.1, 0.15) is 66.7 Å². The molecule has 0 aliphatic heterocycles. The third-order valence-electron chi connectivity index (χ3n) is 6.15. The second-order valence-electron chi connectivity index (χ2n) is 8.20. The van der Waals surface area contributed by atoms with Crippen molar-refractivity contribution in [3.8, 4) is 0 Å². The molecule has 2 N–H and O–H groups in total. The molecule has 126 valence electrons. The van der Waals surface area contributed by atoms with E-state index >= 15 is 0 Å². The molecule has 0 aromatic rings. The third kappa shape index (κ3) is 3.65. The number of hydrogen-bond acceptors (Lipinski definition) is 2. The Kier molecular flexibility index (Phi) is 5.55. The normalized spacial score (nSPS) is 39.7. The van der Waals surface area contributed by atoms with Gasteiger partial charge in [-0.15, -0.1) is 0 Å². The van der Waals surface area contributed by atoms with E-state index in [1.54, 1.807) is 0 Å². The lowest BCUT2D eigenvalue weighted by atomic mass is 9.74. The Labute approximate surface area is 136 Å². The number of fused-ring (bicyclic) bond motifs is 1. The van der Waals surface area contributed by atoms with Gasteiger partial charge in [-0.25, -0.2) is 0 Å². The van der Waals surface area contributed by atoms with Gasteiger partial charge in [-0.05, 0) is 77.6 Å². The summed E-state index contributed by atoms with van der Waals surface area (Å²) in [5, 5.41) is 21.9. The van der Waals surface area contributed by atoms with Gasteiger partial charge in [0.2, 0.25) is 0 Å². The van der Waals surface area contributed by atoms with Crippen LogP contribution >= 0.6 is 0 Å². The Bertz CT molecular complexity index is 443.